The summed E-state index contributed by atoms with van der Waals surface area (Å²) in [5.41, 5.74) is 0.318. The van der Waals surface area contributed by atoms with Crippen LogP contribution in [0.15, 0.2) is 58.1 Å². The van der Waals surface area contributed by atoms with Crippen LogP contribution in [0.5, 0.6) is 0 Å². The van der Waals surface area contributed by atoms with Gasteiger partial charge >= 0.3 is 12.1 Å². The first-order valence-electron chi connectivity index (χ1n) is 9.89. The van der Waals surface area contributed by atoms with Gasteiger partial charge in [-0.15, -0.1) is 0 Å². The molecule has 1 aromatic carbocycles. The molecule has 2 aromatic heterocycles. The molecule has 8 nitrogen and oxygen atoms in total. The topological polar surface area (TPSA) is 101 Å². The Balaban J connectivity index is 1.31. The van der Waals surface area contributed by atoms with Crippen molar-refractivity contribution >= 4 is 15.8 Å². The number of piperidine rings is 1. The monoisotopic (exact) mass is 467 g/mol. The van der Waals surface area contributed by atoms with Gasteiger partial charge in [0.1, 0.15) is 5.82 Å². The molecular formula is C20H20F3N5O3S. The van der Waals surface area contributed by atoms with Crippen molar-refractivity contribution in [3.63, 3.8) is 0 Å². The molecule has 32 heavy (non-hydrogen) atoms. The fourth-order valence-electron chi connectivity index (χ4n) is 3.44. The van der Waals surface area contributed by atoms with Crippen LogP contribution in [0.2, 0.25) is 0 Å². The number of sulfonamides is 1. The molecule has 3 heterocycles. The van der Waals surface area contributed by atoms with Crippen LogP contribution >= 0.6 is 0 Å². The molecule has 4 rings (SSSR count). The van der Waals surface area contributed by atoms with Crippen LogP contribution in [-0.2, 0) is 16.2 Å². The predicted molar refractivity (Wildman–Crippen MR) is 109 cm³/mol. The van der Waals surface area contributed by atoms with E-state index in [-0.39, 0.29) is 16.6 Å². The standard InChI is InChI=1S/C20H20F3N5O3S/c21-20(22,23)19-26-18(27-31-19)15-6-7-17(24-13-15)28-10-8-14(9-11-28)12-25-32(29,30)16-4-2-1-3-5-16/h1-7,13-14,25H,8-12H2. The Morgan fingerprint density at radius 1 is 1.09 bits per heavy atom. The molecule has 0 atom stereocenters. The van der Waals surface area contributed by atoms with Crippen molar-refractivity contribution in [1.82, 2.24) is 19.8 Å². The summed E-state index contributed by atoms with van der Waals surface area (Å²) in [6.45, 7) is 1.73. The highest BCUT2D eigenvalue weighted by molar-refractivity contribution is 7.89. The van der Waals surface area contributed by atoms with Crippen molar-refractivity contribution in [2.24, 2.45) is 5.92 Å². The Bertz CT molecular complexity index is 1140. The summed E-state index contributed by atoms with van der Waals surface area (Å²) in [4.78, 5) is 9.95. The van der Waals surface area contributed by atoms with Crippen LogP contribution in [0.1, 0.15) is 18.7 Å². The van der Waals surface area contributed by atoms with E-state index in [1.54, 1.807) is 42.5 Å². The van der Waals surface area contributed by atoms with Crippen LogP contribution in [0.3, 0.4) is 0 Å². The van der Waals surface area contributed by atoms with E-state index in [9.17, 15) is 21.6 Å². The fourth-order valence-corrected chi connectivity index (χ4v) is 4.58. The molecule has 1 saturated heterocycles. The third kappa shape index (κ3) is 5.07. The number of halogens is 3. The van der Waals surface area contributed by atoms with E-state index >= 15 is 0 Å². The molecule has 1 fully saturated rings. The quantitative estimate of drug-likeness (QED) is 0.593. The third-order valence-corrected chi connectivity index (χ3v) is 6.67. The molecule has 3 aromatic rings. The lowest BCUT2D eigenvalue weighted by Gasteiger charge is -2.32. The first kappa shape index (κ1) is 22.2. The molecule has 0 spiro atoms. The van der Waals surface area contributed by atoms with Gasteiger partial charge in [-0.2, -0.15) is 18.2 Å². The Hall–Kier alpha value is -2.99. The SMILES string of the molecule is O=S(=O)(NCC1CCN(c2ccc(-c3noc(C(F)(F)F)n3)cn2)CC1)c1ccccc1. The number of alkyl halides is 3. The van der Waals surface area contributed by atoms with Gasteiger partial charge in [-0.05, 0) is 43.0 Å². The molecule has 12 heteroatoms. The molecule has 0 saturated carbocycles. The van der Waals surface area contributed by atoms with Crippen LogP contribution in [0, 0.1) is 5.92 Å². The largest absolute Gasteiger partial charge is 0.471 e. The summed E-state index contributed by atoms with van der Waals surface area (Å²) in [6.07, 6.45) is -1.74. The van der Waals surface area contributed by atoms with E-state index in [4.69, 9.17) is 0 Å². The molecule has 1 N–H and O–H groups in total. The van der Waals surface area contributed by atoms with E-state index in [2.05, 4.69) is 24.4 Å². The molecule has 0 aliphatic carbocycles. The number of hydrogen-bond donors (Lipinski definition) is 1. The van der Waals surface area contributed by atoms with Crippen LogP contribution < -0.4 is 9.62 Å². The van der Waals surface area contributed by atoms with Gasteiger partial charge in [-0.3, -0.25) is 0 Å². The first-order valence-corrected chi connectivity index (χ1v) is 11.4. The lowest BCUT2D eigenvalue weighted by atomic mass is 9.97. The lowest BCUT2D eigenvalue weighted by molar-refractivity contribution is -0.159. The fraction of sp³-hybridized carbons (Fsp3) is 0.350. The number of anilines is 1. The summed E-state index contributed by atoms with van der Waals surface area (Å²) >= 11 is 0. The zero-order valence-corrected chi connectivity index (χ0v) is 17.6. The molecule has 1 aliphatic heterocycles. The van der Waals surface area contributed by atoms with Crippen molar-refractivity contribution in [2.45, 2.75) is 23.9 Å². The maximum absolute atomic E-state index is 12.6. The second-order valence-electron chi connectivity index (χ2n) is 7.42. The molecule has 0 amide bonds. The Morgan fingerprint density at radius 2 is 1.81 bits per heavy atom. The first-order chi connectivity index (χ1) is 15.2. The Kier molecular flexibility index (Phi) is 6.15. The molecule has 0 bridgehead atoms. The predicted octanol–water partition coefficient (Wildman–Crippen LogP) is 3.35. The molecule has 170 valence electrons. The van der Waals surface area contributed by atoms with Crippen LogP contribution in [-0.4, -0.2) is 43.2 Å². The van der Waals surface area contributed by atoms with Gasteiger partial charge in [0.05, 0.1) is 4.90 Å². The van der Waals surface area contributed by atoms with Crippen molar-refractivity contribution < 1.29 is 26.1 Å². The minimum absolute atomic E-state index is 0.180. The zero-order valence-electron chi connectivity index (χ0n) is 16.8. The minimum atomic E-state index is -4.70. The van der Waals surface area contributed by atoms with Gasteiger partial charge in [0.15, 0.2) is 0 Å². The van der Waals surface area contributed by atoms with Gasteiger partial charge in [-0.25, -0.2) is 18.1 Å². The van der Waals surface area contributed by atoms with Crippen molar-refractivity contribution in [3.05, 3.63) is 54.6 Å². The van der Waals surface area contributed by atoms with E-state index < -0.39 is 22.1 Å². The number of aromatic nitrogens is 3. The van der Waals surface area contributed by atoms with E-state index in [0.29, 0.717) is 31.0 Å². The van der Waals surface area contributed by atoms with Crippen molar-refractivity contribution in [1.29, 1.82) is 0 Å². The number of rotatable bonds is 6. The van der Waals surface area contributed by atoms with Gasteiger partial charge in [0.25, 0.3) is 0 Å². The average Bonchev–Trinajstić information content (AvgIpc) is 3.30. The van der Waals surface area contributed by atoms with E-state index in [1.165, 1.54) is 6.20 Å². The highest BCUT2D eigenvalue weighted by Gasteiger charge is 2.38. The number of pyridine rings is 1. The minimum Gasteiger partial charge on any atom is -0.357 e. The zero-order chi connectivity index (χ0) is 22.8. The third-order valence-electron chi connectivity index (χ3n) is 5.23. The molecular weight excluding hydrogens is 447 g/mol. The average molecular weight is 467 g/mol. The van der Waals surface area contributed by atoms with Gasteiger partial charge in [0.2, 0.25) is 15.8 Å². The van der Waals surface area contributed by atoms with Gasteiger partial charge in [0, 0.05) is 31.4 Å². The van der Waals surface area contributed by atoms with Crippen molar-refractivity contribution in [2.75, 3.05) is 24.5 Å². The summed E-state index contributed by atoms with van der Waals surface area (Å²) in [5, 5.41) is 3.35. The normalized spacial score (nSPS) is 15.8. The summed E-state index contributed by atoms with van der Waals surface area (Å²) in [5.74, 6) is -0.706. The summed E-state index contributed by atoms with van der Waals surface area (Å²) < 4.78 is 69.4. The number of nitrogens with zero attached hydrogens (tertiary/aromatic N) is 4. The van der Waals surface area contributed by atoms with Crippen LogP contribution in [0.4, 0.5) is 19.0 Å². The number of hydrogen-bond acceptors (Lipinski definition) is 7. The van der Waals surface area contributed by atoms with Gasteiger partial charge in [-0.1, -0.05) is 23.4 Å². The smallest absolute Gasteiger partial charge is 0.357 e. The Labute approximate surface area is 182 Å². The Morgan fingerprint density at radius 3 is 2.41 bits per heavy atom. The number of benzene rings is 1. The summed E-state index contributed by atoms with van der Waals surface area (Å²) in [7, 11) is -3.53. The maximum Gasteiger partial charge on any atom is 0.471 e. The molecule has 0 unspecified atom stereocenters. The van der Waals surface area contributed by atoms with E-state index in [1.807, 2.05) is 4.90 Å². The second kappa shape index (κ2) is 8.87. The molecule has 1 aliphatic rings. The lowest BCUT2D eigenvalue weighted by Crippen LogP contribution is -2.39. The highest BCUT2D eigenvalue weighted by Crippen LogP contribution is 2.30. The van der Waals surface area contributed by atoms with E-state index in [0.717, 1.165) is 12.8 Å². The van der Waals surface area contributed by atoms with Crippen molar-refractivity contribution in [3.8, 4) is 11.4 Å². The van der Waals surface area contributed by atoms with Gasteiger partial charge < -0.3 is 9.42 Å². The number of nitrogens with one attached hydrogen (secondary N) is 1. The molecule has 0 radical (unpaired) electrons. The van der Waals surface area contributed by atoms with Crippen LogP contribution in [0.25, 0.3) is 11.4 Å². The summed E-state index contributed by atoms with van der Waals surface area (Å²) in [6, 6.07) is 11.5. The maximum atomic E-state index is 12.6. The second-order valence-corrected chi connectivity index (χ2v) is 9.19. The highest BCUT2D eigenvalue weighted by atomic mass is 32.2.